The second kappa shape index (κ2) is 10.5. The Kier molecular flexibility index (Phi) is 7.72. The average Bonchev–Trinajstić information content (AvgIpc) is 3.26. The van der Waals surface area contributed by atoms with Crippen molar-refractivity contribution in [1.29, 1.82) is 0 Å². The minimum atomic E-state index is -2.41. The molecule has 0 aliphatic carbocycles. The van der Waals surface area contributed by atoms with E-state index in [2.05, 4.69) is 20.4 Å². The minimum Gasteiger partial charge on any atom is -0.418 e. The van der Waals surface area contributed by atoms with Crippen molar-refractivity contribution >= 4 is 28.7 Å². The number of hydrogen-bond acceptors (Lipinski definition) is 4. The third kappa shape index (κ3) is 5.42. The van der Waals surface area contributed by atoms with Crippen LogP contribution in [0.15, 0.2) is 30.5 Å². The smallest absolute Gasteiger partial charge is 0.333 e. The fourth-order valence-electron chi connectivity index (χ4n) is 3.26. The highest BCUT2D eigenvalue weighted by Gasteiger charge is 2.31. The average molecular weight is 497 g/mol. The number of fused-ring (bicyclic) bond motifs is 1. The van der Waals surface area contributed by atoms with Crippen LogP contribution in [0.25, 0.3) is 10.9 Å². The number of aromatic nitrogens is 1. The maximum atomic E-state index is 13.8. The van der Waals surface area contributed by atoms with Gasteiger partial charge < -0.3 is 20.4 Å². The van der Waals surface area contributed by atoms with E-state index in [0.29, 0.717) is 5.56 Å². The van der Waals surface area contributed by atoms with Gasteiger partial charge in [-0.25, -0.2) is 18.0 Å². The highest BCUT2D eigenvalue weighted by molar-refractivity contribution is 5.92. The van der Waals surface area contributed by atoms with Gasteiger partial charge in [-0.2, -0.15) is 8.78 Å². The fraction of sp³-hybridized carbons (Fsp3) is 0.261. The fourth-order valence-corrected chi connectivity index (χ4v) is 3.26. The van der Waals surface area contributed by atoms with Crippen LogP contribution in [0.1, 0.15) is 25.8 Å². The minimum absolute atomic E-state index is 0.0288. The van der Waals surface area contributed by atoms with Crippen LogP contribution in [-0.2, 0) is 20.8 Å². The maximum absolute atomic E-state index is 13.8. The lowest BCUT2D eigenvalue weighted by atomic mass is 10.0. The molecule has 2 aromatic carbocycles. The number of aromatic amines is 1. The molecule has 3 N–H and O–H groups in total. The lowest BCUT2D eigenvalue weighted by molar-refractivity contribution is -0.139. The molecule has 0 aliphatic rings. The topological polar surface area (TPSA) is 100 Å². The van der Waals surface area contributed by atoms with Gasteiger partial charge in [-0.05, 0) is 18.6 Å². The molecule has 0 fully saturated rings. The van der Waals surface area contributed by atoms with Crippen LogP contribution in [0, 0.1) is 29.1 Å². The van der Waals surface area contributed by atoms with Crippen LogP contribution < -0.4 is 15.4 Å². The Balaban J connectivity index is 1.77. The summed E-state index contributed by atoms with van der Waals surface area (Å²) in [7, 11) is 0. The first kappa shape index (κ1) is 25.7. The van der Waals surface area contributed by atoms with E-state index in [1.807, 2.05) is 18.2 Å². The number of ether oxygens (including phenoxy) is 1. The highest BCUT2D eigenvalue weighted by Crippen LogP contribution is 2.29. The van der Waals surface area contributed by atoms with Crippen LogP contribution in [0.2, 0.25) is 0 Å². The molecule has 1 heterocycles. The second-order valence-electron chi connectivity index (χ2n) is 7.59. The molecule has 0 unspecified atom stereocenters. The third-order valence-electron chi connectivity index (χ3n) is 5.16. The van der Waals surface area contributed by atoms with Crippen molar-refractivity contribution in [2.45, 2.75) is 38.8 Å². The van der Waals surface area contributed by atoms with Crippen molar-refractivity contribution < 1.29 is 41.1 Å². The number of hydrogen-bond donors (Lipinski definition) is 3. The lowest BCUT2D eigenvalue weighted by Gasteiger charge is -2.21. The van der Waals surface area contributed by atoms with Gasteiger partial charge in [0.2, 0.25) is 46.6 Å². The zero-order valence-electron chi connectivity index (χ0n) is 18.5. The Hall–Kier alpha value is -3.96. The van der Waals surface area contributed by atoms with Gasteiger partial charge in [0.15, 0.2) is 0 Å². The summed E-state index contributed by atoms with van der Waals surface area (Å²) in [5.74, 6) is -16.2. The van der Waals surface area contributed by atoms with Crippen molar-refractivity contribution in [3.8, 4) is 5.75 Å². The molecule has 2 amide bonds. The van der Waals surface area contributed by atoms with Gasteiger partial charge >= 0.3 is 5.97 Å². The van der Waals surface area contributed by atoms with Crippen LogP contribution in [0.3, 0.4) is 0 Å². The van der Waals surface area contributed by atoms with Crippen LogP contribution in [0.5, 0.6) is 5.75 Å². The van der Waals surface area contributed by atoms with E-state index in [9.17, 15) is 36.3 Å². The molecule has 0 aliphatic heterocycles. The molecule has 1 aromatic heterocycles. The number of carbonyl (C=O) groups is 3. The Morgan fingerprint density at radius 2 is 1.54 bits per heavy atom. The van der Waals surface area contributed by atoms with E-state index >= 15 is 0 Å². The molecule has 0 saturated heterocycles. The molecule has 12 heteroatoms. The summed E-state index contributed by atoms with van der Waals surface area (Å²) in [6.07, 6.45) is 1.75. The van der Waals surface area contributed by atoms with Crippen molar-refractivity contribution in [3.63, 3.8) is 0 Å². The third-order valence-corrected chi connectivity index (χ3v) is 5.16. The number of esters is 1. The first-order valence-corrected chi connectivity index (χ1v) is 10.4. The molecule has 0 bridgehead atoms. The molecule has 2 atom stereocenters. The summed E-state index contributed by atoms with van der Waals surface area (Å²) in [6.45, 7) is 2.65. The molecule has 0 saturated carbocycles. The molecule has 186 valence electrons. The van der Waals surface area contributed by atoms with E-state index in [4.69, 9.17) is 0 Å². The number of carbonyl (C=O) groups excluding carboxylic acids is 3. The first-order chi connectivity index (χ1) is 16.5. The second-order valence-corrected chi connectivity index (χ2v) is 7.59. The first-order valence-electron chi connectivity index (χ1n) is 10.4. The Morgan fingerprint density at radius 3 is 2.17 bits per heavy atom. The van der Waals surface area contributed by atoms with Crippen molar-refractivity contribution in [2.24, 2.45) is 0 Å². The molecule has 7 nitrogen and oxygen atoms in total. The summed E-state index contributed by atoms with van der Waals surface area (Å²) < 4.78 is 71.8. The zero-order valence-corrected chi connectivity index (χ0v) is 18.5. The Bertz CT molecular complexity index is 1260. The van der Waals surface area contributed by atoms with Crippen molar-refractivity contribution in [3.05, 3.63) is 65.1 Å². The summed E-state index contributed by atoms with van der Waals surface area (Å²) >= 11 is 0. The van der Waals surface area contributed by atoms with E-state index < -0.39 is 64.7 Å². The standard InChI is InChI=1S/C23H20F5N3O4/c1-3-15(32)31-14(8-11-9-29-13-7-5-4-6-12(11)13)22(33)30-10(2)23(34)35-21-19(27)17(25)16(24)18(26)20(21)28/h4-7,9-10,14,29H,3,8H2,1-2H3,(H,30,33)(H,31,32)/t10-,14-/m0/s1. The van der Waals surface area contributed by atoms with Crippen LogP contribution in [-0.4, -0.2) is 34.9 Å². The molecule has 0 spiro atoms. The number of halogens is 5. The molecule has 3 aromatic rings. The Labute approximate surface area is 195 Å². The monoisotopic (exact) mass is 497 g/mol. The largest absolute Gasteiger partial charge is 0.418 e. The number of nitrogens with one attached hydrogen (secondary N) is 3. The summed E-state index contributed by atoms with van der Waals surface area (Å²) in [5, 5.41) is 5.55. The van der Waals surface area contributed by atoms with Gasteiger partial charge in [-0.3, -0.25) is 9.59 Å². The quantitative estimate of drug-likeness (QED) is 0.146. The van der Waals surface area contributed by atoms with Crippen LogP contribution >= 0.6 is 0 Å². The number of H-pyrrole nitrogens is 1. The molecular formula is C23H20F5N3O4. The van der Waals surface area contributed by atoms with E-state index in [-0.39, 0.29) is 12.8 Å². The lowest BCUT2D eigenvalue weighted by Crippen LogP contribution is -2.52. The summed E-state index contributed by atoms with van der Waals surface area (Å²) in [6, 6.07) is 4.51. The zero-order chi connectivity index (χ0) is 25.9. The predicted octanol–water partition coefficient (Wildman–Crippen LogP) is 3.41. The van der Waals surface area contributed by atoms with E-state index in [1.54, 1.807) is 19.2 Å². The summed E-state index contributed by atoms with van der Waals surface area (Å²) in [4.78, 5) is 40.1. The molecule has 35 heavy (non-hydrogen) atoms. The van der Waals surface area contributed by atoms with Gasteiger partial charge in [0.05, 0.1) is 0 Å². The summed E-state index contributed by atoms with van der Waals surface area (Å²) in [5.41, 5.74) is 1.48. The Morgan fingerprint density at radius 1 is 0.943 bits per heavy atom. The number of rotatable bonds is 8. The SMILES string of the molecule is CCC(=O)N[C@@H](Cc1c[nH]c2ccccc12)C(=O)N[C@@H](C)C(=O)Oc1c(F)c(F)c(F)c(F)c1F. The van der Waals surface area contributed by atoms with Gasteiger partial charge in [0, 0.05) is 29.9 Å². The molecule has 0 radical (unpaired) electrons. The van der Waals surface area contributed by atoms with Gasteiger partial charge in [-0.1, -0.05) is 25.1 Å². The number of amides is 2. The van der Waals surface area contributed by atoms with Gasteiger partial charge in [-0.15, -0.1) is 0 Å². The van der Waals surface area contributed by atoms with Gasteiger partial charge in [0.25, 0.3) is 0 Å². The number of benzene rings is 2. The van der Waals surface area contributed by atoms with Crippen molar-refractivity contribution in [1.82, 2.24) is 15.6 Å². The van der Waals surface area contributed by atoms with Crippen LogP contribution in [0.4, 0.5) is 22.0 Å². The highest BCUT2D eigenvalue weighted by atomic mass is 19.2. The number of para-hydroxylation sites is 1. The van der Waals surface area contributed by atoms with Gasteiger partial charge in [0.1, 0.15) is 12.1 Å². The maximum Gasteiger partial charge on any atom is 0.333 e. The predicted molar refractivity (Wildman–Crippen MR) is 114 cm³/mol. The molecule has 3 rings (SSSR count). The normalized spacial score (nSPS) is 12.8. The van der Waals surface area contributed by atoms with E-state index in [1.165, 1.54) is 0 Å². The molecular weight excluding hydrogens is 477 g/mol. The van der Waals surface area contributed by atoms with Crippen molar-refractivity contribution in [2.75, 3.05) is 0 Å². The van der Waals surface area contributed by atoms with E-state index in [0.717, 1.165) is 17.8 Å².